The summed E-state index contributed by atoms with van der Waals surface area (Å²) < 4.78 is 0.909. The van der Waals surface area contributed by atoms with Gasteiger partial charge in [-0.05, 0) is 24.3 Å². The van der Waals surface area contributed by atoms with Gasteiger partial charge in [-0.2, -0.15) is 0 Å². The Morgan fingerprint density at radius 2 is 2.38 bits per heavy atom. The zero-order chi connectivity index (χ0) is 15.1. The Kier molecular flexibility index (Phi) is 6.20. The Morgan fingerprint density at radius 3 is 3.00 bits per heavy atom. The van der Waals surface area contributed by atoms with Crippen LogP contribution in [0.15, 0.2) is 34.2 Å². The molecule has 0 fully saturated rings. The largest absolute Gasteiger partial charge is 0.344 e. The van der Waals surface area contributed by atoms with E-state index in [0.717, 1.165) is 29.2 Å². The minimum Gasteiger partial charge on any atom is -0.344 e. The number of unbranched alkanes of at least 4 members (excludes halogenated alkanes) is 1. The molecule has 2 aromatic heterocycles. The normalized spacial score (nSPS) is 12.1. The lowest BCUT2D eigenvalue weighted by Gasteiger charge is -2.18. The van der Waals surface area contributed by atoms with E-state index in [1.807, 2.05) is 24.6 Å². The summed E-state index contributed by atoms with van der Waals surface area (Å²) in [4.78, 5) is 20.8. The van der Waals surface area contributed by atoms with Crippen LogP contribution in [0.4, 0.5) is 0 Å². The van der Waals surface area contributed by atoms with Crippen LogP contribution < -0.4 is 5.32 Å². The maximum atomic E-state index is 12.3. The first-order valence-electron chi connectivity index (χ1n) is 6.95. The number of amides is 1. The molecule has 0 aliphatic rings. The number of nitrogens with zero attached hydrogens (tertiary/aromatic N) is 2. The molecule has 0 saturated carbocycles. The Morgan fingerprint density at radius 1 is 1.52 bits per heavy atom. The Labute approximate surface area is 133 Å². The number of carbonyl (C=O) groups is 1. The van der Waals surface area contributed by atoms with Gasteiger partial charge in [-0.3, -0.25) is 9.78 Å². The molecular formula is C15H19N3OS2. The molecule has 0 radical (unpaired) electrons. The van der Waals surface area contributed by atoms with Crippen LogP contribution >= 0.6 is 23.1 Å². The number of rotatable bonds is 7. The molecule has 0 aliphatic heterocycles. The zero-order valence-electron chi connectivity index (χ0n) is 12.2. The zero-order valence-corrected chi connectivity index (χ0v) is 13.8. The highest BCUT2D eigenvalue weighted by atomic mass is 32.2. The molecule has 0 spiro atoms. The molecule has 1 atom stereocenters. The number of hydrogen-bond donors (Lipinski definition) is 1. The molecule has 6 heteroatoms. The van der Waals surface area contributed by atoms with Gasteiger partial charge in [0.15, 0.2) is 0 Å². The fourth-order valence-corrected chi connectivity index (χ4v) is 3.24. The molecular weight excluding hydrogens is 302 g/mol. The van der Waals surface area contributed by atoms with Gasteiger partial charge in [0.1, 0.15) is 10.0 Å². The molecule has 112 valence electrons. The van der Waals surface area contributed by atoms with E-state index < -0.39 is 0 Å². The standard InChI is InChI=1S/C15H19N3OS2/c1-3-4-7-12(11-6-5-8-16-9-11)17-14(19)13-10-21-15(18-13)20-2/h5-6,8-10,12H,3-4,7H2,1-2H3,(H,17,19)/t12-/m0/s1. The first kappa shape index (κ1) is 16.0. The number of carbonyl (C=O) groups excluding carboxylic acids is 1. The molecule has 21 heavy (non-hydrogen) atoms. The first-order valence-corrected chi connectivity index (χ1v) is 9.05. The van der Waals surface area contributed by atoms with E-state index in [9.17, 15) is 4.79 Å². The summed E-state index contributed by atoms with van der Waals surface area (Å²) in [5.41, 5.74) is 1.54. The van der Waals surface area contributed by atoms with Crippen molar-refractivity contribution in [1.82, 2.24) is 15.3 Å². The van der Waals surface area contributed by atoms with E-state index in [-0.39, 0.29) is 11.9 Å². The van der Waals surface area contributed by atoms with E-state index in [0.29, 0.717) is 5.69 Å². The second-order valence-electron chi connectivity index (χ2n) is 4.66. The fourth-order valence-electron chi connectivity index (χ4n) is 2.00. The summed E-state index contributed by atoms with van der Waals surface area (Å²) in [6, 6.07) is 3.89. The highest BCUT2D eigenvalue weighted by Crippen LogP contribution is 2.22. The van der Waals surface area contributed by atoms with Crippen LogP contribution in [0.5, 0.6) is 0 Å². The molecule has 0 aromatic carbocycles. The van der Waals surface area contributed by atoms with Gasteiger partial charge >= 0.3 is 0 Å². The Balaban J connectivity index is 2.09. The lowest BCUT2D eigenvalue weighted by molar-refractivity contribution is 0.0929. The maximum absolute atomic E-state index is 12.3. The number of thioether (sulfide) groups is 1. The van der Waals surface area contributed by atoms with Crippen molar-refractivity contribution in [3.8, 4) is 0 Å². The number of nitrogens with one attached hydrogen (secondary N) is 1. The molecule has 4 nitrogen and oxygen atoms in total. The third-order valence-corrected chi connectivity index (χ3v) is 4.99. The summed E-state index contributed by atoms with van der Waals surface area (Å²) in [7, 11) is 0. The van der Waals surface area contributed by atoms with Crippen molar-refractivity contribution in [3.05, 3.63) is 41.2 Å². The lowest BCUT2D eigenvalue weighted by atomic mass is 10.0. The van der Waals surface area contributed by atoms with Crippen molar-refractivity contribution in [2.24, 2.45) is 0 Å². The third-order valence-electron chi connectivity index (χ3n) is 3.13. The second kappa shape index (κ2) is 8.14. The molecule has 1 N–H and O–H groups in total. The van der Waals surface area contributed by atoms with Crippen molar-refractivity contribution in [2.45, 2.75) is 36.6 Å². The number of hydrogen-bond acceptors (Lipinski definition) is 5. The fraction of sp³-hybridized carbons (Fsp3) is 0.400. The molecule has 2 aromatic rings. The van der Waals surface area contributed by atoms with Crippen molar-refractivity contribution in [2.75, 3.05) is 6.26 Å². The summed E-state index contributed by atoms with van der Waals surface area (Å²) in [6.07, 6.45) is 8.59. The Hall–Kier alpha value is -1.40. The van der Waals surface area contributed by atoms with E-state index in [4.69, 9.17) is 0 Å². The van der Waals surface area contributed by atoms with E-state index in [2.05, 4.69) is 22.2 Å². The quantitative estimate of drug-likeness (QED) is 0.785. The van der Waals surface area contributed by atoms with Gasteiger partial charge in [-0.15, -0.1) is 11.3 Å². The van der Waals surface area contributed by atoms with Crippen LogP contribution in [0.2, 0.25) is 0 Å². The van der Waals surface area contributed by atoms with Gasteiger partial charge in [-0.25, -0.2) is 4.98 Å². The summed E-state index contributed by atoms with van der Waals surface area (Å²) in [6.45, 7) is 2.15. The van der Waals surface area contributed by atoms with E-state index in [1.54, 1.807) is 23.3 Å². The van der Waals surface area contributed by atoms with Crippen LogP contribution in [0.3, 0.4) is 0 Å². The smallest absolute Gasteiger partial charge is 0.271 e. The first-order chi connectivity index (χ1) is 10.2. The Bertz CT molecular complexity index is 571. The van der Waals surface area contributed by atoms with Crippen LogP contribution in [0, 0.1) is 0 Å². The van der Waals surface area contributed by atoms with Crippen molar-refractivity contribution in [3.63, 3.8) is 0 Å². The number of aromatic nitrogens is 2. The average molecular weight is 321 g/mol. The average Bonchev–Trinajstić information content (AvgIpc) is 3.01. The number of thiazole rings is 1. The van der Waals surface area contributed by atoms with E-state index in [1.165, 1.54) is 11.3 Å². The van der Waals surface area contributed by atoms with Gasteiger partial charge in [-0.1, -0.05) is 37.6 Å². The predicted octanol–water partition coefficient (Wildman–Crippen LogP) is 3.92. The van der Waals surface area contributed by atoms with E-state index >= 15 is 0 Å². The van der Waals surface area contributed by atoms with Crippen LogP contribution in [-0.4, -0.2) is 22.1 Å². The van der Waals surface area contributed by atoms with Gasteiger partial charge < -0.3 is 5.32 Å². The van der Waals surface area contributed by atoms with Gasteiger partial charge in [0.05, 0.1) is 6.04 Å². The molecule has 2 heterocycles. The molecule has 0 saturated heterocycles. The van der Waals surface area contributed by atoms with Crippen molar-refractivity contribution in [1.29, 1.82) is 0 Å². The highest BCUT2D eigenvalue weighted by Gasteiger charge is 2.17. The molecule has 0 unspecified atom stereocenters. The maximum Gasteiger partial charge on any atom is 0.271 e. The van der Waals surface area contributed by atoms with Crippen molar-refractivity contribution < 1.29 is 4.79 Å². The molecule has 0 bridgehead atoms. The van der Waals surface area contributed by atoms with Gasteiger partial charge in [0.2, 0.25) is 0 Å². The monoisotopic (exact) mass is 321 g/mol. The van der Waals surface area contributed by atoms with Crippen molar-refractivity contribution >= 4 is 29.0 Å². The minimum atomic E-state index is -0.114. The number of pyridine rings is 1. The topological polar surface area (TPSA) is 54.9 Å². The SMILES string of the molecule is CCCC[C@H](NC(=O)c1csc(SC)n1)c1cccnc1. The molecule has 2 rings (SSSR count). The lowest BCUT2D eigenvalue weighted by Crippen LogP contribution is -2.28. The summed E-state index contributed by atoms with van der Waals surface area (Å²) in [5.74, 6) is -0.114. The van der Waals surface area contributed by atoms with Crippen LogP contribution in [0.25, 0.3) is 0 Å². The second-order valence-corrected chi connectivity index (χ2v) is 6.57. The minimum absolute atomic E-state index is 0.00872. The van der Waals surface area contributed by atoms with Gasteiger partial charge in [0, 0.05) is 17.8 Å². The third kappa shape index (κ3) is 4.54. The highest BCUT2D eigenvalue weighted by molar-refractivity contribution is 8.00. The molecule has 0 aliphatic carbocycles. The van der Waals surface area contributed by atoms with Crippen LogP contribution in [0.1, 0.15) is 48.3 Å². The van der Waals surface area contributed by atoms with Gasteiger partial charge in [0.25, 0.3) is 5.91 Å². The predicted molar refractivity (Wildman–Crippen MR) is 87.9 cm³/mol. The summed E-state index contributed by atoms with van der Waals surface area (Å²) in [5, 5.41) is 4.88. The molecule has 1 amide bonds. The van der Waals surface area contributed by atoms with Crippen LogP contribution in [-0.2, 0) is 0 Å². The summed E-state index contributed by atoms with van der Waals surface area (Å²) >= 11 is 3.05.